The highest BCUT2D eigenvalue weighted by molar-refractivity contribution is 5.92. The first kappa shape index (κ1) is 17.1. The summed E-state index contributed by atoms with van der Waals surface area (Å²) in [6.45, 7) is 4.09. The minimum absolute atomic E-state index is 0.0135. The number of nitriles is 1. The van der Waals surface area contributed by atoms with Crippen LogP contribution in [-0.2, 0) is 4.79 Å². The molecular formula is C20H22N4O. The normalized spacial score (nSPS) is 15.5. The summed E-state index contributed by atoms with van der Waals surface area (Å²) in [5.41, 5.74) is 3.53. The number of carbonyl (C=O) groups is 1. The molecule has 1 aromatic carbocycles. The third kappa shape index (κ3) is 4.43. The molecule has 1 aromatic heterocycles. The predicted molar refractivity (Wildman–Crippen MR) is 97.2 cm³/mol. The molecule has 0 spiro atoms. The number of aryl methyl sites for hydroxylation is 1. The molecule has 0 atom stereocenters. The molecule has 5 nitrogen and oxygen atoms in total. The summed E-state index contributed by atoms with van der Waals surface area (Å²) in [4.78, 5) is 18.8. The van der Waals surface area contributed by atoms with Crippen molar-refractivity contribution in [1.29, 1.82) is 5.26 Å². The van der Waals surface area contributed by atoms with Crippen LogP contribution in [0.15, 0.2) is 42.6 Å². The number of nitrogens with zero attached hydrogens (tertiary/aromatic N) is 3. The summed E-state index contributed by atoms with van der Waals surface area (Å²) >= 11 is 0. The Hall–Kier alpha value is -2.71. The Labute approximate surface area is 148 Å². The average Bonchev–Trinajstić information content (AvgIpc) is 2.62. The number of pyridine rings is 1. The lowest BCUT2D eigenvalue weighted by Gasteiger charge is -2.31. The second-order valence-electron chi connectivity index (χ2n) is 6.52. The van der Waals surface area contributed by atoms with Gasteiger partial charge in [-0.15, -0.1) is 0 Å². The molecule has 5 heteroatoms. The Morgan fingerprint density at radius 1 is 1.32 bits per heavy atom. The SMILES string of the molecule is Cc1cccc(NC(=O)CN2CCC(c3ncccc3C#N)CC2)c1. The summed E-state index contributed by atoms with van der Waals surface area (Å²) in [5.74, 6) is 0.312. The first-order valence-electron chi connectivity index (χ1n) is 8.59. The van der Waals surface area contributed by atoms with Gasteiger partial charge in [-0.1, -0.05) is 12.1 Å². The number of nitrogens with one attached hydrogen (secondary N) is 1. The van der Waals surface area contributed by atoms with E-state index in [-0.39, 0.29) is 5.91 Å². The average molecular weight is 334 g/mol. The Balaban J connectivity index is 1.52. The quantitative estimate of drug-likeness (QED) is 0.933. The number of piperidine rings is 1. The topological polar surface area (TPSA) is 69.0 Å². The number of carbonyl (C=O) groups excluding carboxylic acids is 1. The molecule has 1 fully saturated rings. The van der Waals surface area contributed by atoms with Crippen LogP contribution in [-0.4, -0.2) is 35.4 Å². The minimum Gasteiger partial charge on any atom is -0.325 e. The van der Waals surface area contributed by atoms with Gasteiger partial charge in [0.25, 0.3) is 0 Å². The molecule has 1 aliphatic rings. The molecule has 2 heterocycles. The lowest BCUT2D eigenvalue weighted by molar-refractivity contribution is -0.117. The van der Waals surface area contributed by atoms with Crippen LogP contribution in [0, 0.1) is 18.3 Å². The third-order valence-electron chi connectivity index (χ3n) is 4.60. The van der Waals surface area contributed by atoms with E-state index in [2.05, 4.69) is 21.3 Å². The second-order valence-corrected chi connectivity index (χ2v) is 6.52. The Morgan fingerprint density at radius 3 is 2.84 bits per heavy atom. The van der Waals surface area contributed by atoms with Crippen LogP contribution in [0.5, 0.6) is 0 Å². The summed E-state index contributed by atoms with van der Waals surface area (Å²) in [6, 6.07) is 13.7. The van der Waals surface area contributed by atoms with E-state index >= 15 is 0 Å². The molecule has 1 aliphatic heterocycles. The molecule has 0 radical (unpaired) electrons. The van der Waals surface area contributed by atoms with E-state index < -0.39 is 0 Å². The lowest BCUT2D eigenvalue weighted by atomic mass is 9.90. The fraction of sp³-hybridized carbons (Fsp3) is 0.350. The van der Waals surface area contributed by atoms with Gasteiger partial charge in [0.2, 0.25) is 5.91 Å². The number of hydrogen-bond acceptors (Lipinski definition) is 4. The highest BCUT2D eigenvalue weighted by Gasteiger charge is 2.24. The van der Waals surface area contributed by atoms with Gasteiger partial charge in [0.05, 0.1) is 17.8 Å². The van der Waals surface area contributed by atoms with Crippen LogP contribution in [0.4, 0.5) is 5.69 Å². The van der Waals surface area contributed by atoms with Gasteiger partial charge in [0, 0.05) is 17.8 Å². The zero-order valence-electron chi connectivity index (χ0n) is 14.4. The zero-order valence-corrected chi connectivity index (χ0v) is 14.4. The first-order chi connectivity index (χ1) is 12.2. The fourth-order valence-electron chi connectivity index (χ4n) is 3.33. The van der Waals surface area contributed by atoms with Crippen LogP contribution in [0.1, 0.15) is 35.6 Å². The van der Waals surface area contributed by atoms with Crippen LogP contribution >= 0.6 is 0 Å². The summed E-state index contributed by atoms with van der Waals surface area (Å²) < 4.78 is 0. The van der Waals surface area contributed by atoms with Crippen molar-refractivity contribution in [3.8, 4) is 6.07 Å². The number of hydrogen-bond donors (Lipinski definition) is 1. The second kappa shape index (κ2) is 7.91. The highest BCUT2D eigenvalue weighted by atomic mass is 16.2. The summed E-state index contributed by atoms with van der Waals surface area (Å²) in [6.07, 6.45) is 3.59. The van der Waals surface area contributed by atoms with Gasteiger partial charge in [-0.3, -0.25) is 14.7 Å². The maximum absolute atomic E-state index is 12.2. The molecule has 1 amide bonds. The van der Waals surface area contributed by atoms with E-state index in [0.29, 0.717) is 18.0 Å². The van der Waals surface area contributed by atoms with Gasteiger partial charge in [0.15, 0.2) is 0 Å². The smallest absolute Gasteiger partial charge is 0.238 e. The van der Waals surface area contributed by atoms with E-state index in [9.17, 15) is 10.1 Å². The van der Waals surface area contributed by atoms with Crippen molar-refractivity contribution in [1.82, 2.24) is 9.88 Å². The molecule has 25 heavy (non-hydrogen) atoms. The van der Waals surface area contributed by atoms with Gasteiger partial charge in [-0.25, -0.2) is 0 Å². The van der Waals surface area contributed by atoms with Crippen molar-refractivity contribution in [3.63, 3.8) is 0 Å². The van der Waals surface area contributed by atoms with Crippen molar-refractivity contribution in [2.45, 2.75) is 25.7 Å². The molecule has 0 bridgehead atoms. The van der Waals surface area contributed by atoms with E-state index in [1.54, 1.807) is 12.3 Å². The number of benzene rings is 1. The molecule has 2 aromatic rings. The molecule has 0 aliphatic carbocycles. The first-order valence-corrected chi connectivity index (χ1v) is 8.59. The van der Waals surface area contributed by atoms with Crippen LogP contribution in [0.2, 0.25) is 0 Å². The molecule has 0 saturated carbocycles. The maximum Gasteiger partial charge on any atom is 0.238 e. The van der Waals surface area contributed by atoms with Crippen LogP contribution < -0.4 is 5.32 Å². The van der Waals surface area contributed by atoms with Gasteiger partial charge in [-0.2, -0.15) is 5.26 Å². The predicted octanol–water partition coefficient (Wildman–Crippen LogP) is 3.08. The minimum atomic E-state index is 0.0135. The Bertz CT molecular complexity index is 788. The fourth-order valence-corrected chi connectivity index (χ4v) is 3.33. The van der Waals surface area contributed by atoms with E-state index in [0.717, 1.165) is 42.9 Å². The number of rotatable bonds is 4. The molecule has 3 rings (SSSR count). The zero-order chi connectivity index (χ0) is 17.6. The maximum atomic E-state index is 12.2. The Kier molecular flexibility index (Phi) is 5.42. The van der Waals surface area contributed by atoms with Gasteiger partial charge < -0.3 is 5.32 Å². The monoisotopic (exact) mass is 334 g/mol. The van der Waals surface area contributed by atoms with E-state index in [4.69, 9.17) is 0 Å². The van der Waals surface area contributed by atoms with Crippen molar-refractivity contribution in [2.24, 2.45) is 0 Å². The summed E-state index contributed by atoms with van der Waals surface area (Å²) in [7, 11) is 0. The van der Waals surface area contributed by atoms with Gasteiger partial charge in [-0.05, 0) is 62.7 Å². The summed E-state index contributed by atoms with van der Waals surface area (Å²) in [5, 5.41) is 12.2. The number of aromatic nitrogens is 1. The Morgan fingerprint density at radius 2 is 2.12 bits per heavy atom. The molecule has 1 N–H and O–H groups in total. The number of anilines is 1. The molecule has 128 valence electrons. The molecule has 1 saturated heterocycles. The lowest BCUT2D eigenvalue weighted by Crippen LogP contribution is -2.39. The van der Waals surface area contributed by atoms with Crippen molar-refractivity contribution < 1.29 is 4.79 Å². The molecular weight excluding hydrogens is 312 g/mol. The highest BCUT2D eigenvalue weighted by Crippen LogP contribution is 2.28. The van der Waals surface area contributed by atoms with E-state index in [1.807, 2.05) is 37.3 Å². The van der Waals surface area contributed by atoms with E-state index in [1.165, 1.54) is 0 Å². The third-order valence-corrected chi connectivity index (χ3v) is 4.60. The molecule has 0 unspecified atom stereocenters. The van der Waals surface area contributed by atoms with Crippen LogP contribution in [0.3, 0.4) is 0 Å². The van der Waals surface area contributed by atoms with Gasteiger partial charge >= 0.3 is 0 Å². The largest absolute Gasteiger partial charge is 0.325 e. The van der Waals surface area contributed by atoms with Crippen molar-refractivity contribution in [3.05, 3.63) is 59.4 Å². The standard InChI is InChI=1S/C20H22N4O/c1-15-4-2-6-18(12-15)23-19(25)14-24-10-7-16(8-11-24)20-17(13-21)5-3-9-22-20/h2-6,9,12,16H,7-8,10-11,14H2,1H3,(H,23,25). The number of amides is 1. The van der Waals surface area contributed by atoms with Crippen molar-refractivity contribution >= 4 is 11.6 Å². The van der Waals surface area contributed by atoms with Crippen LogP contribution in [0.25, 0.3) is 0 Å². The van der Waals surface area contributed by atoms with Crippen molar-refractivity contribution in [2.75, 3.05) is 25.0 Å². The van der Waals surface area contributed by atoms with Gasteiger partial charge in [0.1, 0.15) is 6.07 Å². The number of likely N-dealkylation sites (tertiary alicyclic amines) is 1.